The molecule has 0 atom stereocenters. The van der Waals surface area contributed by atoms with Gasteiger partial charge in [0.05, 0.1) is 15.7 Å². The molecule has 2 aromatic rings. The number of anilines is 1. The van der Waals surface area contributed by atoms with Crippen LogP contribution in [0, 0.1) is 3.57 Å². The third kappa shape index (κ3) is 3.16. The van der Waals surface area contributed by atoms with Gasteiger partial charge in [-0.2, -0.15) is 0 Å². The van der Waals surface area contributed by atoms with Crippen molar-refractivity contribution in [2.75, 3.05) is 5.73 Å². The van der Waals surface area contributed by atoms with Crippen molar-refractivity contribution in [3.05, 3.63) is 45.2 Å². The van der Waals surface area contributed by atoms with Gasteiger partial charge in [0, 0.05) is 11.9 Å². The third-order valence-electron chi connectivity index (χ3n) is 2.54. The molecular weight excluding hydrogens is 339 g/mol. The van der Waals surface area contributed by atoms with Crippen molar-refractivity contribution in [2.45, 2.75) is 26.2 Å². The molecule has 2 heterocycles. The number of nitrogen functional groups attached to an aromatic ring is 1. The van der Waals surface area contributed by atoms with Gasteiger partial charge in [0.15, 0.2) is 0 Å². The first kappa shape index (κ1) is 13.2. The predicted molar refractivity (Wildman–Crippen MR) is 80.2 cm³/mol. The molecule has 2 N–H and O–H groups in total. The summed E-state index contributed by atoms with van der Waals surface area (Å²) >= 11 is 2.21. The average molecular weight is 354 g/mol. The predicted octanol–water partition coefficient (Wildman–Crippen LogP) is 2.60. The van der Waals surface area contributed by atoms with Crippen LogP contribution < -0.4 is 5.73 Å². The summed E-state index contributed by atoms with van der Waals surface area (Å²) in [6.45, 7) is 2.13. The lowest BCUT2D eigenvalue weighted by atomic mass is 10.2. The molecule has 0 radical (unpaired) electrons. The van der Waals surface area contributed by atoms with Crippen molar-refractivity contribution in [1.29, 1.82) is 0 Å². The second kappa shape index (κ2) is 6.08. The Balaban J connectivity index is 2.28. The van der Waals surface area contributed by atoms with E-state index in [1.165, 1.54) is 0 Å². The highest BCUT2D eigenvalue weighted by Gasteiger charge is 2.10. The van der Waals surface area contributed by atoms with Gasteiger partial charge >= 0.3 is 0 Å². The molecule has 0 aliphatic heterocycles. The maximum atomic E-state index is 5.93. The van der Waals surface area contributed by atoms with E-state index in [-0.39, 0.29) is 0 Å². The molecule has 0 saturated heterocycles. The average Bonchev–Trinajstić information content (AvgIpc) is 2.37. The van der Waals surface area contributed by atoms with Gasteiger partial charge in [-0.1, -0.05) is 19.4 Å². The zero-order valence-corrected chi connectivity index (χ0v) is 12.4. The molecule has 0 bridgehead atoms. The van der Waals surface area contributed by atoms with Crippen LogP contribution in [0.4, 0.5) is 5.82 Å². The van der Waals surface area contributed by atoms with Crippen molar-refractivity contribution >= 4 is 28.4 Å². The lowest BCUT2D eigenvalue weighted by Crippen LogP contribution is -2.08. The van der Waals surface area contributed by atoms with Crippen molar-refractivity contribution in [1.82, 2.24) is 15.0 Å². The molecule has 0 aliphatic carbocycles. The third-order valence-corrected chi connectivity index (χ3v) is 3.72. The zero-order valence-electron chi connectivity index (χ0n) is 10.2. The Kier molecular flexibility index (Phi) is 4.46. The SMILES string of the molecule is CCCc1nc(Cc2ccccn2)nc(N)c1I. The van der Waals surface area contributed by atoms with E-state index >= 15 is 0 Å². The number of nitrogens with two attached hydrogens (primary N) is 1. The van der Waals surface area contributed by atoms with Crippen LogP contribution >= 0.6 is 22.6 Å². The van der Waals surface area contributed by atoms with E-state index in [0.29, 0.717) is 12.2 Å². The fourth-order valence-electron chi connectivity index (χ4n) is 1.71. The maximum Gasteiger partial charge on any atom is 0.140 e. The molecule has 0 aromatic carbocycles. The first-order valence-electron chi connectivity index (χ1n) is 5.91. The van der Waals surface area contributed by atoms with E-state index in [1.807, 2.05) is 18.2 Å². The van der Waals surface area contributed by atoms with Gasteiger partial charge < -0.3 is 5.73 Å². The first-order chi connectivity index (χ1) is 8.70. The van der Waals surface area contributed by atoms with Crippen molar-refractivity contribution in [3.8, 4) is 0 Å². The van der Waals surface area contributed by atoms with Crippen LogP contribution in [0.3, 0.4) is 0 Å². The zero-order chi connectivity index (χ0) is 13.0. The van der Waals surface area contributed by atoms with E-state index < -0.39 is 0 Å². The van der Waals surface area contributed by atoms with Crippen LogP contribution in [0.5, 0.6) is 0 Å². The van der Waals surface area contributed by atoms with E-state index in [4.69, 9.17) is 5.73 Å². The minimum absolute atomic E-state index is 0.569. The highest BCUT2D eigenvalue weighted by atomic mass is 127. The topological polar surface area (TPSA) is 64.7 Å². The summed E-state index contributed by atoms with van der Waals surface area (Å²) in [6.07, 6.45) is 4.38. The second-order valence-electron chi connectivity index (χ2n) is 4.03. The number of hydrogen-bond donors (Lipinski definition) is 1. The maximum absolute atomic E-state index is 5.93. The van der Waals surface area contributed by atoms with Gasteiger partial charge in [0.1, 0.15) is 11.6 Å². The molecular formula is C13H15IN4. The minimum Gasteiger partial charge on any atom is -0.383 e. The smallest absolute Gasteiger partial charge is 0.140 e. The number of hydrogen-bond acceptors (Lipinski definition) is 4. The van der Waals surface area contributed by atoms with Crippen molar-refractivity contribution < 1.29 is 0 Å². The van der Waals surface area contributed by atoms with Gasteiger partial charge in [-0.3, -0.25) is 4.98 Å². The Morgan fingerprint density at radius 2 is 2.11 bits per heavy atom. The Bertz CT molecular complexity index is 528. The molecule has 5 heteroatoms. The van der Waals surface area contributed by atoms with Crippen molar-refractivity contribution in [3.63, 3.8) is 0 Å². The second-order valence-corrected chi connectivity index (χ2v) is 5.11. The number of aryl methyl sites for hydroxylation is 1. The van der Waals surface area contributed by atoms with Gasteiger partial charge in [-0.25, -0.2) is 9.97 Å². The number of aromatic nitrogens is 3. The molecule has 0 spiro atoms. The molecule has 18 heavy (non-hydrogen) atoms. The van der Waals surface area contributed by atoms with E-state index in [0.717, 1.165) is 33.6 Å². The lowest BCUT2D eigenvalue weighted by Gasteiger charge is -2.08. The Hall–Kier alpha value is -1.24. The van der Waals surface area contributed by atoms with Crippen LogP contribution in [0.25, 0.3) is 0 Å². The molecule has 0 unspecified atom stereocenters. The largest absolute Gasteiger partial charge is 0.383 e. The van der Waals surface area contributed by atoms with Gasteiger partial charge in [-0.05, 0) is 41.1 Å². The molecule has 2 rings (SSSR count). The summed E-state index contributed by atoms with van der Waals surface area (Å²) in [5.74, 6) is 1.31. The van der Waals surface area contributed by atoms with Crippen LogP contribution in [0.1, 0.15) is 30.6 Å². The Morgan fingerprint density at radius 3 is 2.78 bits per heavy atom. The van der Waals surface area contributed by atoms with Gasteiger partial charge in [-0.15, -0.1) is 0 Å². The summed E-state index contributed by atoms with van der Waals surface area (Å²) in [5, 5.41) is 0. The highest BCUT2D eigenvalue weighted by Crippen LogP contribution is 2.18. The fourth-order valence-corrected chi connectivity index (χ4v) is 2.22. The van der Waals surface area contributed by atoms with E-state index in [2.05, 4.69) is 44.5 Å². The number of halogens is 1. The van der Waals surface area contributed by atoms with Gasteiger partial charge in [0.2, 0.25) is 0 Å². The first-order valence-corrected chi connectivity index (χ1v) is 6.99. The standard InChI is InChI=1S/C13H15IN4/c1-2-5-10-12(14)13(15)18-11(17-10)8-9-6-3-4-7-16-9/h3-4,6-7H,2,5,8H2,1H3,(H2,15,17,18). The van der Waals surface area contributed by atoms with Crippen molar-refractivity contribution in [2.24, 2.45) is 0 Å². The summed E-state index contributed by atoms with van der Waals surface area (Å²) in [5.41, 5.74) is 7.92. The molecule has 2 aromatic heterocycles. The number of pyridine rings is 1. The van der Waals surface area contributed by atoms with Crippen LogP contribution in [0.2, 0.25) is 0 Å². The monoisotopic (exact) mass is 354 g/mol. The molecule has 4 nitrogen and oxygen atoms in total. The lowest BCUT2D eigenvalue weighted by molar-refractivity contribution is 0.831. The normalized spacial score (nSPS) is 10.6. The minimum atomic E-state index is 0.569. The summed E-state index contributed by atoms with van der Waals surface area (Å²) < 4.78 is 0.972. The Morgan fingerprint density at radius 1 is 1.28 bits per heavy atom. The van der Waals surface area contributed by atoms with Gasteiger partial charge in [0.25, 0.3) is 0 Å². The van der Waals surface area contributed by atoms with E-state index in [9.17, 15) is 0 Å². The van der Waals surface area contributed by atoms with E-state index in [1.54, 1.807) is 6.20 Å². The molecule has 0 saturated carbocycles. The number of rotatable bonds is 4. The summed E-state index contributed by atoms with van der Waals surface area (Å²) in [4.78, 5) is 13.2. The molecule has 0 amide bonds. The number of nitrogens with zero attached hydrogens (tertiary/aromatic N) is 3. The fraction of sp³-hybridized carbons (Fsp3) is 0.308. The summed E-state index contributed by atoms with van der Waals surface area (Å²) in [6, 6.07) is 5.83. The van der Waals surface area contributed by atoms with Crippen LogP contribution in [-0.4, -0.2) is 15.0 Å². The molecule has 94 valence electrons. The highest BCUT2D eigenvalue weighted by molar-refractivity contribution is 14.1. The Labute approximate surface area is 120 Å². The molecule has 0 fully saturated rings. The quantitative estimate of drug-likeness (QED) is 0.858. The van der Waals surface area contributed by atoms with Crippen LogP contribution in [-0.2, 0) is 12.8 Å². The van der Waals surface area contributed by atoms with Crippen LogP contribution in [0.15, 0.2) is 24.4 Å². The molecule has 0 aliphatic rings. The summed E-state index contributed by atoms with van der Waals surface area (Å²) in [7, 11) is 0.